The van der Waals surface area contributed by atoms with Crippen molar-refractivity contribution >= 4 is 40.1 Å². The average molecular weight is 643 g/mol. The van der Waals surface area contributed by atoms with Crippen molar-refractivity contribution in [2.45, 2.75) is 72.1 Å². The number of nitro benzene ring substituents is 1. The zero-order valence-electron chi connectivity index (χ0n) is 28.0. The molecule has 0 radical (unpaired) electrons. The lowest BCUT2D eigenvalue weighted by Gasteiger charge is -2.25. The number of azo groups is 2. The predicted molar refractivity (Wildman–Crippen MR) is 186 cm³/mol. The van der Waals surface area contributed by atoms with Crippen LogP contribution in [-0.4, -0.2) is 37.7 Å². The van der Waals surface area contributed by atoms with E-state index < -0.39 is 4.92 Å². The Morgan fingerprint density at radius 2 is 1.40 bits per heavy atom. The van der Waals surface area contributed by atoms with Gasteiger partial charge in [-0.05, 0) is 68.3 Å². The molecule has 250 valence electrons. The summed E-state index contributed by atoms with van der Waals surface area (Å²) in [5.41, 5.74) is 4.50. The Kier molecular flexibility index (Phi) is 15.2. The molecule has 0 aromatic heterocycles. The van der Waals surface area contributed by atoms with E-state index in [4.69, 9.17) is 9.47 Å². The summed E-state index contributed by atoms with van der Waals surface area (Å²) < 4.78 is 10.9. The zero-order valence-corrected chi connectivity index (χ0v) is 28.0. The van der Waals surface area contributed by atoms with E-state index in [1.54, 1.807) is 20.1 Å². The fourth-order valence-corrected chi connectivity index (χ4v) is 4.78. The van der Waals surface area contributed by atoms with E-state index >= 15 is 0 Å². The molecule has 11 nitrogen and oxygen atoms in total. The lowest BCUT2D eigenvalue weighted by molar-refractivity contribution is -0.384. The molecule has 0 aliphatic heterocycles. The topological polar surface area (TPSA) is 131 Å². The number of nitrogens with zero attached hydrogens (tertiary/aromatic N) is 6. The fraction of sp³-hybridized carbons (Fsp3) is 0.417. The van der Waals surface area contributed by atoms with Crippen LogP contribution in [0.2, 0.25) is 0 Å². The zero-order chi connectivity index (χ0) is 34.0. The number of rotatable bonds is 20. The molecule has 0 aliphatic carbocycles. The van der Waals surface area contributed by atoms with Gasteiger partial charge in [0.15, 0.2) is 0 Å². The van der Waals surface area contributed by atoms with Crippen LogP contribution >= 0.6 is 0 Å². The number of hydrogen-bond acceptors (Lipinski definition) is 10. The molecule has 0 N–H and O–H groups in total. The SMILES string of the molecule is C=C(C)C(=O)OCCN(CCCCCCCCCC)c1ccc(N=Nc2cc(C)c(N=Nc3ccc([N+](=O)[O-])cc3)cc2OC)cc1. The number of hydrogen-bond donors (Lipinski definition) is 0. The van der Waals surface area contributed by atoms with E-state index in [1.807, 2.05) is 37.3 Å². The fourth-order valence-electron chi connectivity index (χ4n) is 4.78. The molecule has 0 spiro atoms. The van der Waals surface area contributed by atoms with Crippen LogP contribution in [0.1, 0.15) is 70.8 Å². The molecular weight excluding hydrogens is 596 g/mol. The molecule has 3 rings (SSSR count). The minimum atomic E-state index is -0.460. The van der Waals surface area contributed by atoms with Crippen LogP contribution in [0.4, 0.5) is 34.1 Å². The van der Waals surface area contributed by atoms with Gasteiger partial charge in [0.25, 0.3) is 5.69 Å². The van der Waals surface area contributed by atoms with Gasteiger partial charge in [-0.2, -0.15) is 15.3 Å². The lowest BCUT2D eigenvalue weighted by atomic mass is 10.1. The van der Waals surface area contributed by atoms with Crippen LogP contribution in [0, 0.1) is 17.0 Å². The van der Waals surface area contributed by atoms with Gasteiger partial charge in [0.1, 0.15) is 18.0 Å². The highest BCUT2D eigenvalue weighted by Gasteiger charge is 2.11. The third kappa shape index (κ3) is 12.4. The first kappa shape index (κ1) is 36.5. The first-order valence-electron chi connectivity index (χ1n) is 16.2. The number of ether oxygens (including phenoxy) is 2. The van der Waals surface area contributed by atoms with Crippen molar-refractivity contribution < 1.29 is 19.2 Å². The Bertz CT molecular complexity index is 1520. The second-order valence-electron chi connectivity index (χ2n) is 11.4. The quantitative estimate of drug-likeness (QED) is 0.0301. The highest BCUT2D eigenvalue weighted by Crippen LogP contribution is 2.36. The van der Waals surface area contributed by atoms with E-state index in [2.05, 4.69) is 38.9 Å². The molecule has 0 saturated heterocycles. The van der Waals surface area contributed by atoms with Gasteiger partial charge in [0.05, 0.1) is 35.6 Å². The van der Waals surface area contributed by atoms with Crippen LogP contribution in [-0.2, 0) is 9.53 Å². The number of anilines is 1. The second kappa shape index (κ2) is 19.6. The number of nitro groups is 1. The molecule has 0 atom stereocenters. The smallest absolute Gasteiger partial charge is 0.333 e. The van der Waals surface area contributed by atoms with E-state index in [-0.39, 0.29) is 18.3 Å². The van der Waals surface area contributed by atoms with Crippen molar-refractivity contribution in [2.75, 3.05) is 31.7 Å². The Morgan fingerprint density at radius 1 is 0.830 bits per heavy atom. The Balaban J connectivity index is 1.66. The minimum Gasteiger partial charge on any atom is -0.494 e. The summed E-state index contributed by atoms with van der Waals surface area (Å²) >= 11 is 0. The lowest BCUT2D eigenvalue weighted by Crippen LogP contribution is -2.29. The third-order valence-electron chi connectivity index (χ3n) is 7.54. The van der Waals surface area contributed by atoms with Gasteiger partial charge >= 0.3 is 5.97 Å². The first-order chi connectivity index (χ1) is 22.7. The van der Waals surface area contributed by atoms with E-state index in [1.165, 1.54) is 69.2 Å². The summed E-state index contributed by atoms with van der Waals surface area (Å²) in [4.78, 5) is 24.6. The monoisotopic (exact) mass is 642 g/mol. The molecule has 0 unspecified atom stereocenters. The van der Waals surface area contributed by atoms with Gasteiger partial charge < -0.3 is 14.4 Å². The molecule has 47 heavy (non-hydrogen) atoms. The van der Waals surface area contributed by atoms with Gasteiger partial charge in [-0.15, -0.1) is 5.11 Å². The summed E-state index contributed by atoms with van der Waals surface area (Å²) in [6, 6.07) is 17.2. The molecule has 0 saturated carbocycles. The summed E-state index contributed by atoms with van der Waals surface area (Å²) in [6.07, 6.45) is 9.92. The van der Waals surface area contributed by atoms with Crippen molar-refractivity contribution in [3.8, 4) is 5.75 Å². The summed E-state index contributed by atoms with van der Waals surface area (Å²) in [5, 5.41) is 28.2. The van der Waals surface area contributed by atoms with Gasteiger partial charge in [-0.3, -0.25) is 10.1 Å². The number of unbranched alkanes of at least 4 members (excludes halogenated alkanes) is 7. The molecule has 11 heteroatoms. The number of benzene rings is 3. The van der Waals surface area contributed by atoms with E-state index in [0.29, 0.717) is 40.6 Å². The number of esters is 1. The van der Waals surface area contributed by atoms with Crippen LogP contribution in [0.25, 0.3) is 0 Å². The molecular formula is C36H46N6O5. The Labute approximate surface area is 277 Å². The maximum Gasteiger partial charge on any atom is 0.333 e. The van der Waals surface area contributed by atoms with Crippen molar-refractivity contribution in [1.29, 1.82) is 0 Å². The number of carbonyl (C=O) groups excluding carboxylic acids is 1. The van der Waals surface area contributed by atoms with Crippen LogP contribution < -0.4 is 9.64 Å². The van der Waals surface area contributed by atoms with Crippen LogP contribution in [0.5, 0.6) is 5.75 Å². The molecule has 0 bridgehead atoms. The van der Waals surface area contributed by atoms with Crippen molar-refractivity contribution in [1.82, 2.24) is 0 Å². The molecule has 3 aromatic carbocycles. The highest BCUT2D eigenvalue weighted by atomic mass is 16.6. The van der Waals surface area contributed by atoms with Gasteiger partial charge in [-0.25, -0.2) is 4.79 Å². The van der Waals surface area contributed by atoms with Crippen molar-refractivity contribution in [3.63, 3.8) is 0 Å². The van der Waals surface area contributed by atoms with Gasteiger partial charge in [0, 0.05) is 36.0 Å². The van der Waals surface area contributed by atoms with Gasteiger partial charge in [-0.1, -0.05) is 58.4 Å². The van der Waals surface area contributed by atoms with Crippen LogP contribution in [0.3, 0.4) is 0 Å². The standard InChI is InChI=1S/C36H46N6O5/c1-6-7-8-9-10-11-12-13-22-41(23-24-47-36(43)27(2)3)31-18-14-29(15-19-31)38-40-34-25-28(4)33(26-35(34)46-5)39-37-30-16-20-32(21-17-30)42(44)45/h14-21,25-26H,2,6-13,22-24H2,1,3-5H3. The summed E-state index contributed by atoms with van der Waals surface area (Å²) in [7, 11) is 1.55. The maximum absolute atomic E-state index is 11.9. The predicted octanol–water partition coefficient (Wildman–Crippen LogP) is 10.8. The summed E-state index contributed by atoms with van der Waals surface area (Å²) in [5.74, 6) is 0.105. The molecule has 0 heterocycles. The molecule has 0 fully saturated rings. The van der Waals surface area contributed by atoms with Crippen molar-refractivity contribution in [3.05, 3.63) is 88.5 Å². The summed E-state index contributed by atoms with van der Waals surface area (Å²) in [6.45, 7) is 11.2. The third-order valence-corrected chi connectivity index (χ3v) is 7.54. The molecule has 0 amide bonds. The number of carbonyl (C=O) groups is 1. The second-order valence-corrected chi connectivity index (χ2v) is 11.4. The van der Waals surface area contributed by atoms with Crippen LogP contribution in [0.15, 0.2) is 93.3 Å². The number of methoxy groups -OCH3 is 1. The van der Waals surface area contributed by atoms with E-state index in [0.717, 1.165) is 24.2 Å². The van der Waals surface area contributed by atoms with Crippen molar-refractivity contribution in [2.24, 2.45) is 20.5 Å². The highest BCUT2D eigenvalue weighted by molar-refractivity contribution is 5.86. The largest absolute Gasteiger partial charge is 0.494 e. The Morgan fingerprint density at radius 3 is 1.98 bits per heavy atom. The number of non-ortho nitro benzene ring substituents is 1. The first-order valence-corrected chi connectivity index (χ1v) is 16.2. The average Bonchev–Trinajstić information content (AvgIpc) is 3.07. The normalized spacial score (nSPS) is 11.2. The Hall–Kier alpha value is -4.93. The number of aryl methyl sites for hydroxylation is 1. The molecule has 3 aromatic rings. The maximum atomic E-state index is 11.9. The molecule has 0 aliphatic rings. The van der Waals surface area contributed by atoms with E-state index in [9.17, 15) is 14.9 Å². The minimum absolute atomic E-state index is 0.0103. The van der Waals surface area contributed by atoms with Gasteiger partial charge in [0.2, 0.25) is 0 Å².